The van der Waals surface area contributed by atoms with Crippen molar-refractivity contribution in [2.45, 2.75) is 0 Å². The summed E-state index contributed by atoms with van der Waals surface area (Å²) in [5, 5.41) is 12.6. The van der Waals surface area contributed by atoms with E-state index in [0.717, 1.165) is 11.4 Å². The molecule has 0 saturated carbocycles. The Kier molecular flexibility index (Phi) is 7.64. The molecule has 2 heterocycles. The third kappa shape index (κ3) is 5.30. The quantitative estimate of drug-likeness (QED) is 0.154. The van der Waals surface area contributed by atoms with Crippen LogP contribution in [0.15, 0.2) is 231 Å². The highest BCUT2D eigenvalue weighted by Crippen LogP contribution is 2.43. The zero-order valence-electron chi connectivity index (χ0n) is 33.8. The summed E-state index contributed by atoms with van der Waals surface area (Å²) in [5.41, 5.74) is 14.3. The van der Waals surface area contributed by atoms with E-state index in [4.69, 9.17) is 0 Å². The van der Waals surface area contributed by atoms with Crippen molar-refractivity contribution in [1.29, 1.82) is 0 Å². The molecule has 0 N–H and O–H groups in total. The summed E-state index contributed by atoms with van der Waals surface area (Å²) in [5.74, 6) is 0. The van der Waals surface area contributed by atoms with Crippen LogP contribution >= 0.6 is 0 Å². The van der Waals surface area contributed by atoms with Crippen LogP contribution in [-0.2, 0) is 0 Å². The number of hydrogen-bond acceptors (Lipinski definition) is 0. The SMILES string of the molecule is c1ccc(-n2c3ccccc3c3cc(-c4cc(-c5ccc6c(c5)c5ccccc5n6-c5ccccc5)cc(-c5cc6ccc7ccccc7c6c6ccccc56)c4)ccc32)cc1. The first-order chi connectivity index (χ1) is 30.7. The minimum atomic E-state index is 1.16. The second-order valence-corrected chi connectivity index (χ2v) is 16.5. The minimum Gasteiger partial charge on any atom is -0.309 e. The van der Waals surface area contributed by atoms with Gasteiger partial charge in [-0.2, -0.15) is 0 Å². The van der Waals surface area contributed by atoms with E-state index in [1.54, 1.807) is 0 Å². The molecule has 13 aromatic rings. The van der Waals surface area contributed by atoms with Gasteiger partial charge in [-0.3, -0.25) is 0 Å². The van der Waals surface area contributed by atoms with E-state index < -0.39 is 0 Å². The Hall–Kier alpha value is -8.20. The van der Waals surface area contributed by atoms with Crippen LogP contribution in [0.4, 0.5) is 0 Å². The third-order valence-corrected chi connectivity index (χ3v) is 13.0. The van der Waals surface area contributed by atoms with Gasteiger partial charge in [-0.15, -0.1) is 0 Å². The maximum atomic E-state index is 2.42. The van der Waals surface area contributed by atoms with Crippen LogP contribution < -0.4 is 0 Å². The number of hydrogen-bond donors (Lipinski definition) is 0. The predicted octanol–water partition coefficient (Wildman–Crippen LogP) is 16.3. The van der Waals surface area contributed by atoms with E-state index in [-0.39, 0.29) is 0 Å². The normalized spacial score (nSPS) is 11.9. The van der Waals surface area contributed by atoms with Gasteiger partial charge >= 0.3 is 0 Å². The van der Waals surface area contributed by atoms with Gasteiger partial charge < -0.3 is 9.13 Å². The number of benzene rings is 11. The van der Waals surface area contributed by atoms with Crippen LogP contribution in [0.2, 0.25) is 0 Å². The molecular formula is C60H38N2. The molecule has 0 saturated heterocycles. The zero-order chi connectivity index (χ0) is 40.7. The summed E-state index contributed by atoms with van der Waals surface area (Å²) >= 11 is 0. The molecule has 0 atom stereocenters. The van der Waals surface area contributed by atoms with Crippen LogP contribution in [0.25, 0.3) is 121 Å². The average Bonchev–Trinajstić information content (AvgIpc) is 3.86. The molecule has 0 fully saturated rings. The summed E-state index contributed by atoms with van der Waals surface area (Å²) in [6.07, 6.45) is 0. The molecule has 0 aliphatic carbocycles. The van der Waals surface area contributed by atoms with E-state index in [0.29, 0.717) is 0 Å². The van der Waals surface area contributed by atoms with E-state index in [2.05, 4.69) is 240 Å². The predicted molar refractivity (Wildman–Crippen MR) is 264 cm³/mol. The number of rotatable bonds is 5. The van der Waals surface area contributed by atoms with Crippen molar-refractivity contribution in [1.82, 2.24) is 9.13 Å². The van der Waals surface area contributed by atoms with Crippen molar-refractivity contribution in [2.24, 2.45) is 0 Å². The topological polar surface area (TPSA) is 9.86 Å². The highest BCUT2D eigenvalue weighted by molar-refractivity contribution is 6.23. The fourth-order valence-corrected chi connectivity index (χ4v) is 10.2. The second kappa shape index (κ2) is 13.7. The van der Waals surface area contributed by atoms with Crippen molar-refractivity contribution in [3.63, 3.8) is 0 Å². The molecule has 2 aromatic heterocycles. The third-order valence-electron chi connectivity index (χ3n) is 13.0. The Balaban J connectivity index is 1.08. The summed E-state index contributed by atoms with van der Waals surface area (Å²) in [6, 6.07) is 85.0. The van der Waals surface area contributed by atoms with Gasteiger partial charge in [0.15, 0.2) is 0 Å². The fraction of sp³-hybridized carbons (Fsp3) is 0. The van der Waals surface area contributed by atoms with Gasteiger partial charge in [-0.1, -0.05) is 146 Å². The van der Waals surface area contributed by atoms with Crippen LogP contribution in [-0.4, -0.2) is 9.13 Å². The van der Waals surface area contributed by atoms with Gasteiger partial charge in [0.05, 0.1) is 22.1 Å². The van der Waals surface area contributed by atoms with E-state index in [1.165, 1.54) is 109 Å². The number of para-hydroxylation sites is 4. The molecule has 0 amide bonds. The first-order valence-electron chi connectivity index (χ1n) is 21.4. The average molecular weight is 787 g/mol. The van der Waals surface area contributed by atoms with Crippen molar-refractivity contribution in [3.05, 3.63) is 231 Å². The zero-order valence-corrected chi connectivity index (χ0v) is 33.8. The van der Waals surface area contributed by atoms with Gasteiger partial charge in [-0.05, 0) is 151 Å². The maximum Gasteiger partial charge on any atom is 0.0541 e. The van der Waals surface area contributed by atoms with E-state index >= 15 is 0 Å². The first-order valence-corrected chi connectivity index (χ1v) is 21.4. The molecule has 0 spiro atoms. The summed E-state index contributed by atoms with van der Waals surface area (Å²) in [7, 11) is 0. The Morgan fingerprint density at radius 2 is 0.661 bits per heavy atom. The van der Waals surface area contributed by atoms with Crippen LogP contribution in [0.3, 0.4) is 0 Å². The number of fused-ring (bicyclic) bond motifs is 11. The fourth-order valence-electron chi connectivity index (χ4n) is 10.2. The molecule has 0 unspecified atom stereocenters. The van der Waals surface area contributed by atoms with Crippen LogP contribution in [0.1, 0.15) is 0 Å². The van der Waals surface area contributed by atoms with Crippen LogP contribution in [0.5, 0.6) is 0 Å². The Bertz CT molecular complexity index is 3730. The molecule has 13 rings (SSSR count). The van der Waals surface area contributed by atoms with Gasteiger partial charge in [0.1, 0.15) is 0 Å². The summed E-state index contributed by atoms with van der Waals surface area (Å²) in [6.45, 7) is 0. The Morgan fingerprint density at radius 3 is 1.24 bits per heavy atom. The molecule has 0 aliphatic heterocycles. The van der Waals surface area contributed by atoms with E-state index in [9.17, 15) is 0 Å². The highest BCUT2D eigenvalue weighted by atomic mass is 15.0. The summed E-state index contributed by atoms with van der Waals surface area (Å²) < 4.78 is 4.78. The lowest BCUT2D eigenvalue weighted by molar-refractivity contribution is 1.18. The largest absolute Gasteiger partial charge is 0.309 e. The maximum absolute atomic E-state index is 2.42. The molecule has 2 nitrogen and oxygen atoms in total. The van der Waals surface area contributed by atoms with Gasteiger partial charge in [0.2, 0.25) is 0 Å². The molecular weight excluding hydrogens is 749 g/mol. The van der Waals surface area contributed by atoms with Gasteiger partial charge in [-0.25, -0.2) is 0 Å². The van der Waals surface area contributed by atoms with Crippen molar-refractivity contribution >= 4 is 75.9 Å². The second-order valence-electron chi connectivity index (χ2n) is 16.5. The monoisotopic (exact) mass is 786 g/mol. The van der Waals surface area contributed by atoms with Crippen molar-refractivity contribution in [3.8, 4) is 44.8 Å². The molecule has 11 aromatic carbocycles. The molecule has 2 heteroatoms. The number of nitrogens with zero attached hydrogens (tertiary/aromatic N) is 2. The highest BCUT2D eigenvalue weighted by Gasteiger charge is 2.18. The molecule has 288 valence electrons. The number of aromatic nitrogens is 2. The molecule has 0 radical (unpaired) electrons. The van der Waals surface area contributed by atoms with E-state index in [1.807, 2.05) is 0 Å². The summed E-state index contributed by atoms with van der Waals surface area (Å²) in [4.78, 5) is 0. The van der Waals surface area contributed by atoms with Crippen LogP contribution in [0, 0.1) is 0 Å². The van der Waals surface area contributed by atoms with Crippen molar-refractivity contribution < 1.29 is 0 Å². The minimum absolute atomic E-state index is 1.16. The lowest BCUT2D eigenvalue weighted by atomic mass is 9.88. The lowest BCUT2D eigenvalue weighted by Crippen LogP contribution is -1.93. The van der Waals surface area contributed by atoms with Crippen molar-refractivity contribution in [2.75, 3.05) is 0 Å². The smallest absolute Gasteiger partial charge is 0.0541 e. The first kappa shape index (κ1) is 34.6. The molecule has 0 aliphatic rings. The van der Waals surface area contributed by atoms with Gasteiger partial charge in [0.25, 0.3) is 0 Å². The lowest BCUT2D eigenvalue weighted by Gasteiger charge is -2.16. The Labute approximate surface area is 358 Å². The molecule has 0 bridgehead atoms. The standard InChI is InChI=1S/C60H38N2/c1-3-16-46(17-4-1)61-56-25-13-11-22-50(56)54-36-40(29-31-58(54)61)43-33-44(41-30-32-59-55(37-41)51-23-12-14-26-57(51)62(59)47-18-5-2-6-19-47)35-45(34-43)53-38-42-28-27-39-15-7-8-20-48(39)60(42)52-24-10-9-21-49(52)53/h1-38H. The molecule has 62 heavy (non-hydrogen) atoms. The van der Waals surface area contributed by atoms with Gasteiger partial charge in [0, 0.05) is 32.9 Å². The Morgan fingerprint density at radius 1 is 0.226 bits per heavy atom.